The normalized spacial score (nSPS) is 16.5. The standard InChI is InChI=1S/C27H31N3O2/c1-19-5-3-4-6-25(19)26(18-27(29-32)22-11-14-28-20(2)17-22)21-7-9-23(10-8-21)30-15-12-24(31)13-16-30/h3-11,14,17,24,26-27,31H,12-13,15-16,18H2,1-2H3. The summed E-state index contributed by atoms with van der Waals surface area (Å²) in [6, 6.07) is 20.5. The second-order valence-electron chi connectivity index (χ2n) is 8.81. The van der Waals surface area contributed by atoms with E-state index in [0.717, 1.165) is 37.2 Å². The van der Waals surface area contributed by atoms with Gasteiger partial charge in [0.2, 0.25) is 0 Å². The van der Waals surface area contributed by atoms with Gasteiger partial charge >= 0.3 is 0 Å². The summed E-state index contributed by atoms with van der Waals surface area (Å²) in [7, 11) is 0. The number of aromatic nitrogens is 1. The van der Waals surface area contributed by atoms with Crippen LogP contribution in [0.4, 0.5) is 5.69 Å². The maximum atomic E-state index is 11.9. The number of aliphatic hydroxyl groups excluding tert-OH is 1. The Hall–Kier alpha value is -3.05. The van der Waals surface area contributed by atoms with Crippen molar-refractivity contribution in [3.63, 3.8) is 0 Å². The smallest absolute Gasteiger partial charge is 0.118 e. The molecule has 1 saturated heterocycles. The molecule has 2 heterocycles. The summed E-state index contributed by atoms with van der Waals surface area (Å²) in [6.07, 6.45) is 3.79. The number of pyridine rings is 1. The quantitative estimate of drug-likeness (QED) is 0.490. The monoisotopic (exact) mass is 429 g/mol. The van der Waals surface area contributed by atoms with E-state index in [0.29, 0.717) is 6.42 Å². The summed E-state index contributed by atoms with van der Waals surface area (Å²) < 4.78 is 0. The van der Waals surface area contributed by atoms with E-state index in [-0.39, 0.29) is 12.0 Å². The lowest BCUT2D eigenvalue weighted by molar-refractivity contribution is 0.145. The third-order valence-electron chi connectivity index (χ3n) is 6.58. The van der Waals surface area contributed by atoms with Crippen LogP contribution in [0.15, 0.2) is 72.0 Å². The molecule has 0 bridgehead atoms. The van der Waals surface area contributed by atoms with Crippen LogP contribution >= 0.6 is 0 Å². The third kappa shape index (κ3) is 5.05. The van der Waals surface area contributed by atoms with Crippen LogP contribution in [0, 0.1) is 18.8 Å². The summed E-state index contributed by atoms with van der Waals surface area (Å²) in [5.41, 5.74) is 6.59. The van der Waals surface area contributed by atoms with E-state index in [4.69, 9.17) is 0 Å². The Morgan fingerprint density at radius 3 is 2.41 bits per heavy atom. The summed E-state index contributed by atoms with van der Waals surface area (Å²) in [5, 5.41) is 13.3. The molecular weight excluding hydrogens is 398 g/mol. The third-order valence-corrected chi connectivity index (χ3v) is 6.58. The number of rotatable bonds is 7. The molecule has 2 aromatic carbocycles. The van der Waals surface area contributed by atoms with Crippen molar-refractivity contribution in [2.75, 3.05) is 18.0 Å². The van der Waals surface area contributed by atoms with Gasteiger partial charge in [-0.05, 0) is 79.6 Å². The fourth-order valence-electron chi connectivity index (χ4n) is 4.70. The first-order chi connectivity index (χ1) is 15.5. The second-order valence-corrected chi connectivity index (χ2v) is 8.81. The fourth-order valence-corrected chi connectivity index (χ4v) is 4.70. The Labute approximate surface area is 190 Å². The maximum absolute atomic E-state index is 11.9. The number of hydrogen-bond acceptors (Lipinski definition) is 5. The molecule has 166 valence electrons. The zero-order valence-electron chi connectivity index (χ0n) is 18.8. The molecule has 1 aromatic heterocycles. The molecule has 0 spiro atoms. The number of aryl methyl sites for hydroxylation is 2. The summed E-state index contributed by atoms with van der Waals surface area (Å²) in [6.45, 7) is 5.80. The van der Waals surface area contributed by atoms with Crippen LogP contribution in [-0.4, -0.2) is 29.3 Å². The molecule has 32 heavy (non-hydrogen) atoms. The highest BCUT2D eigenvalue weighted by molar-refractivity contribution is 5.50. The number of hydrogen-bond donors (Lipinski definition) is 1. The lowest BCUT2D eigenvalue weighted by Crippen LogP contribution is -2.35. The van der Waals surface area contributed by atoms with Crippen molar-refractivity contribution < 1.29 is 5.11 Å². The predicted octanol–water partition coefficient (Wildman–Crippen LogP) is 5.69. The Balaban J connectivity index is 1.64. The molecule has 3 aromatic rings. The van der Waals surface area contributed by atoms with E-state index in [1.54, 1.807) is 6.20 Å². The molecule has 2 unspecified atom stereocenters. The molecular formula is C27H31N3O2. The molecule has 0 amide bonds. The highest BCUT2D eigenvalue weighted by atomic mass is 16.3. The minimum absolute atomic E-state index is 0.0598. The van der Waals surface area contributed by atoms with Crippen LogP contribution in [0.5, 0.6) is 0 Å². The molecule has 0 radical (unpaired) electrons. The van der Waals surface area contributed by atoms with Crippen molar-refractivity contribution in [3.05, 3.63) is 99.7 Å². The van der Waals surface area contributed by atoms with E-state index in [1.165, 1.54) is 22.4 Å². The molecule has 1 N–H and O–H groups in total. The van der Waals surface area contributed by atoms with Gasteiger partial charge in [-0.2, -0.15) is 4.91 Å². The van der Waals surface area contributed by atoms with Crippen molar-refractivity contribution in [1.82, 2.24) is 4.98 Å². The number of nitroso groups, excluding NO2 is 1. The SMILES string of the molecule is Cc1cc(C(CC(c2ccc(N3CCC(O)CC3)cc2)c2ccccc2C)N=O)ccn1. The van der Waals surface area contributed by atoms with Crippen molar-refractivity contribution in [2.45, 2.75) is 51.2 Å². The van der Waals surface area contributed by atoms with Gasteiger partial charge in [-0.15, -0.1) is 0 Å². The number of aliphatic hydroxyl groups is 1. The average Bonchev–Trinajstić information content (AvgIpc) is 2.81. The Morgan fingerprint density at radius 2 is 1.75 bits per heavy atom. The highest BCUT2D eigenvalue weighted by Gasteiger charge is 2.24. The molecule has 0 saturated carbocycles. The number of anilines is 1. The zero-order chi connectivity index (χ0) is 22.5. The molecule has 4 rings (SSSR count). The van der Waals surface area contributed by atoms with Gasteiger partial charge in [0.15, 0.2) is 0 Å². The second kappa shape index (κ2) is 10.0. The van der Waals surface area contributed by atoms with Gasteiger partial charge in [0.25, 0.3) is 0 Å². The Kier molecular flexibility index (Phi) is 6.96. The minimum Gasteiger partial charge on any atom is -0.393 e. The van der Waals surface area contributed by atoms with E-state index < -0.39 is 6.04 Å². The number of piperidine rings is 1. The minimum atomic E-state index is -0.440. The van der Waals surface area contributed by atoms with Crippen LogP contribution < -0.4 is 4.90 Å². The van der Waals surface area contributed by atoms with Crippen LogP contribution in [0.25, 0.3) is 0 Å². The molecule has 0 aliphatic carbocycles. The molecule has 1 fully saturated rings. The van der Waals surface area contributed by atoms with Gasteiger partial charge in [-0.25, -0.2) is 0 Å². The first-order valence-electron chi connectivity index (χ1n) is 11.4. The fraction of sp³-hybridized carbons (Fsp3) is 0.370. The summed E-state index contributed by atoms with van der Waals surface area (Å²) >= 11 is 0. The maximum Gasteiger partial charge on any atom is 0.118 e. The summed E-state index contributed by atoms with van der Waals surface area (Å²) in [4.78, 5) is 18.5. The zero-order valence-corrected chi connectivity index (χ0v) is 18.8. The lowest BCUT2D eigenvalue weighted by Gasteiger charge is -2.32. The van der Waals surface area contributed by atoms with E-state index >= 15 is 0 Å². The van der Waals surface area contributed by atoms with Gasteiger partial charge in [-0.3, -0.25) is 4.98 Å². The molecule has 5 heteroatoms. The predicted molar refractivity (Wildman–Crippen MR) is 129 cm³/mol. The van der Waals surface area contributed by atoms with Crippen molar-refractivity contribution >= 4 is 5.69 Å². The van der Waals surface area contributed by atoms with Crippen LogP contribution in [0.3, 0.4) is 0 Å². The van der Waals surface area contributed by atoms with Crippen molar-refractivity contribution in [1.29, 1.82) is 0 Å². The first kappa shape index (κ1) is 22.2. The van der Waals surface area contributed by atoms with Crippen LogP contribution in [0.2, 0.25) is 0 Å². The van der Waals surface area contributed by atoms with E-state index in [2.05, 4.69) is 64.4 Å². The molecule has 2 atom stereocenters. The van der Waals surface area contributed by atoms with Gasteiger partial charge in [-0.1, -0.05) is 41.6 Å². The van der Waals surface area contributed by atoms with Crippen LogP contribution in [-0.2, 0) is 0 Å². The molecule has 5 nitrogen and oxygen atoms in total. The van der Waals surface area contributed by atoms with Crippen molar-refractivity contribution in [3.8, 4) is 0 Å². The van der Waals surface area contributed by atoms with E-state index in [1.807, 2.05) is 25.1 Å². The van der Waals surface area contributed by atoms with Crippen molar-refractivity contribution in [2.24, 2.45) is 5.18 Å². The number of benzene rings is 2. The van der Waals surface area contributed by atoms with Gasteiger partial charge in [0.1, 0.15) is 6.04 Å². The van der Waals surface area contributed by atoms with Gasteiger partial charge < -0.3 is 10.0 Å². The Bertz CT molecular complexity index is 1040. The lowest BCUT2D eigenvalue weighted by atomic mass is 9.82. The highest BCUT2D eigenvalue weighted by Crippen LogP contribution is 2.38. The molecule has 1 aliphatic rings. The number of nitrogens with zero attached hydrogens (tertiary/aromatic N) is 3. The average molecular weight is 430 g/mol. The van der Waals surface area contributed by atoms with Gasteiger partial charge in [0.05, 0.1) is 6.10 Å². The summed E-state index contributed by atoms with van der Waals surface area (Å²) in [5.74, 6) is 0.0598. The van der Waals surface area contributed by atoms with Crippen LogP contribution in [0.1, 0.15) is 59.2 Å². The van der Waals surface area contributed by atoms with Gasteiger partial charge in [0, 0.05) is 36.6 Å². The molecule has 1 aliphatic heterocycles. The first-order valence-corrected chi connectivity index (χ1v) is 11.4. The Morgan fingerprint density at radius 1 is 1.03 bits per heavy atom. The van der Waals surface area contributed by atoms with E-state index in [9.17, 15) is 10.0 Å². The topological polar surface area (TPSA) is 65.8 Å². The largest absolute Gasteiger partial charge is 0.393 e.